The minimum Gasteiger partial charge on any atom is -0.491 e. The number of hydrogen-bond donors (Lipinski definition) is 4. The van der Waals surface area contributed by atoms with Crippen molar-refractivity contribution < 1.29 is 14.3 Å². The molecule has 1 aromatic carbocycles. The summed E-state index contributed by atoms with van der Waals surface area (Å²) in [5.41, 5.74) is 23.1. The van der Waals surface area contributed by atoms with Gasteiger partial charge in [0.1, 0.15) is 29.9 Å². The summed E-state index contributed by atoms with van der Waals surface area (Å²) in [6.45, 7) is 0.532. The molecular weight excluding hydrogens is 374 g/mol. The Morgan fingerprint density at radius 1 is 1.00 bits per heavy atom. The number of amides is 2. The molecule has 0 aliphatic carbocycles. The van der Waals surface area contributed by atoms with Crippen molar-refractivity contribution in [3.63, 3.8) is 0 Å². The first-order valence-corrected chi connectivity index (χ1v) is 9.06. The number of carbonyl (C=O) groups excluding carboxylic acids is 2. The number of ether oxygens (including phenoxy) is 1. The topological polar surface area (TPSA) is 186 Å². The largest absolute Gasteiger partial charge is 0.491 e. The maximum Gasteiger partial charge on any atom is 0.269 e. The number of nitrogens with two attached hydrogens (primary N) is 4. The minimum absolute atomic E-state index is 0.00726. The molecule has 2 rings (SSSR count). The van der Waals surface area contributed by atoms with E-state index in [0.717, 1.165) is 24.8 Å². The molecule has 154 valence electrons. The molecule has 0 saturated heterocycles. The number of aryl methyl sites for hydroxylation is 1. The molecule has 10 nitrogen and oxygen atoms in total. The first-order chi connectivity index (χ1) is 13.9. The number of unbranched alkanes of at least 4 members (excludes halogenated alkanes) is 1. The Hall–Kier alpha value is -3.53. The predicted molar refractivity (Wildman–Crippen MR) is 108 cm³/mol. The standard InChI is InChI=1S/C19H25N7O3/c20-14(18(22)27)11-29-13-6-4-12(5-7-13)3-1-2-8-26-17(21)15-16(19(23)28)25-10-9-24-15/h4-7,9-10,14H,1-3,8,11,20H2,(H2,21,26)(H2,22,27)(H2,23,28). The number of carbonyl (C=O) groups is 2. The normalized spacial score (nSPS) is 12.4. The van der Waals surface area contributed by atoms with E-state index < -0.39 is 17.9 Å². The first kappa shape index (κ1) is 21.8. The Bertz CT molecular complexity index is 868. The molecule has 2 amide bonds. The van der Waals surface area contributed by atoms with Gasteiger partial charge in [-0.05, 0) is 37.0 Å². The van der Waals surface area contributed by atoms with Gasteiger partial charge in [-0.25, -0.2) is 9.97 Å². The molecule has 0 fully saturated rings. The molecule has 0 aliphatic rings. The second-order valence-corrected chi connectivity index (χ2v) is 6.31. The van der Waals surface area contributed by atoms with Gasteiger partial charge in [-0.3, -0.25) is 14.6 Å². The molecule has 1 atom stereocenters. The van der Waals surface area contributed by atoms with Crippen molar-refractivity contribution in [2.45, 2.75) is 25.3 Å². The van der Waals surface area contributed by atoms with Gasteiger partial charge in [0, 0.05) is 18.9 Å². The van der Waals surface area contributed by atoms with Crippen LogP contribution in [0.5, 0.6) is 5.75 Å². The summed E-state index contributed by atoms with van der Waals surface area (Å²) >= 11 is 0. The lowest BCUT2D eigenvalue weighted by atomic mass is 10.1. The van der Waals surface area contributed by atoms with E-state index in [0.29, 0.717) is 12.3 Å². The molecule has 0 aliphatic heterocycles. The van der Waals surface area contributed by atoms with Crippen molar-refractivity contribution in [1.82, 2.24) is 9.97 Å². The van der Waals surface area contributed by atoms with Crippen LogP contribution in [0.15, 0.2) is 41.7 Å². The van der Waals surface area contributed by atoms with Crippen LogP contribution in [0.25, 0.3) is 0 Å². The van der Waals surface area contributed by atoms with Gasteiger partial charge in [-0.2, -0.15) is 0 Å². The highest BCUT2D eigenvalue weighted by Crippen LogP contribution is 2.14. The van der Waals surface area contributed by atoms with Crippen LogP contribution in [-0.2, 0) is 11.2 Å². The van der Waals surface area contributed by atoms with Gasteiger partial charge in [-0.15, -0.1) is 0 Å². The van der Waals surface area contributed by atoms with Gasteiger partial charge in [0.2, 0.25) is 5.91 Å². The van der Waals surface area contributed by atoms with Crippen LogP contribution in [0, 0.1) is 0 Å². The van der Waals surface area contributed by atoms with Gasteiger partial charge in [0.25, 0.3) is 5.91 Å². The Morgan fingerprint density at radius 3 is 2.28 bits per heavy atom. The summed E-state index contributed by atoms with van der Waals surface area (Å²) < 4.78 is 5.42. The summed E-state index contributed by atoms with van der Waals surface area (Å²) in [6.07, 6.45) is 5.36. The molecule has 1 heterocycles. The van der Waals surface area contributed by atoms with Crippen LogP contribution in [0.4, 0.5) is 0 Å². The van der Waals surface area contributed by atoms with E-state index >= 15 is 0 Å². The minimum atomic E-state index is -0.830. The molecule has 10 heteroatoms. The number of nitrogens with zero attached hydrogens (tertiary/aromatic N) is 3. The van der Waals surface area contributed by atoms with E-state index in [9.17, 15) is 9.59 Å². The fourth-order valence-electron chi connectivity index (χ4n) is 2.44. The molecule has 29 heavy (non-hydrogen) atoms. The van der Waals surface area contributed by atoms with Gasteiger partial charge in [0.05, 0.1) is 0 Å². The van der Waals surface area contributed by atoms with Crippen LogP contribution in [0.1, 0.15) is 34.6 Å². The fourth-order valence-corrected chi connectivity index (χ4v) is 2.44. The van der Waals surface area contributed by atoms with E-state index in [4.69, 9.17) is 27.7 Å². The van der Waals surface area contributed by atoms with Gasteiger partial charge < -0.3 is 27.7 Å². The van der Waals surface area contributed by atoms with Crippen molar-refractivity contribution in [2.75, 3.05) is 13.2 Å². The Kier molecular flexibility index (Phi) is 8.04. The summed E-state index contributed by atoms with van der Waals surface area (Å²) in [6, 6.07) is 6.70. The highest BCUT2D eigenvalue weighted by Gasteiger charge is 2.13. The lowest BCUT2D eigenvalue weighted by molar-refractivity contribution is -0.119. The lowest BCUT2D eigenvalue weighted by Gasteiger charge is -2.10. The average molecular weight is 399 g/mol. The van der Waals surface area contributed by atoms with E-state index in [1.165, 1.54) is 12.4 Å². The Morgan fingerprint density at radius 2 is 1.66 bits per heavy atom. The fraction of sp³-hybridized carbons (Fsp3) is 0.316. The first-order valence-electron chi connectivity index (χ1n) is 9.06. The monoisotopic (exact) mass is 399 g/mol. The van der Waals surface area contributed by atoms with Crippen molar-refractivity contribution in [3.8, 4) is 5.75 Å². The average Bonchev–Trinajstić information content (AvgIpc) is 2.72. The third-order valence-electron chi connectivity index (χ3n) is 4.05. The number of aromatic nitrogens is 2. The molecule has 1 aromatic heterocycles. The molecule has 8 N–H and O–H groups in total. The molecule has 1 unspecified atom stereocenters. The number of rotatable bonds is 11. The van der Waals surface area contributed by atoms with Crippen molar-refractivity contribution in [3.05, 3.63) is 53.6 Å². The van der Waals surface area contributed by atoms with E-state index in [-0.39, 0.29) is 23.8 Å². The number of benzene rings is 1. The van der Waals surface area contributed by atoms with E-state index in [1.54, 1.807) is 0 Å². The Labute approximate surface area is 168 Å². The summed E-state index contributed by atoms with van der Waals surface area (Å²) in [5.74, 6) is -0.537. The van der Waals surface area contributed by atoms with E-state index in [2.05, 4.69) is 15.0 Å². The van der Waals surface area contributed by atoms with Crippen LogP contribution in [0.2, 0.25) is 0 Å². The molecule has 0 radical (unpaired) electrons. The molecule has 0 bridgehead atoms. The van der Waals surface area contributed by atoms with Crippen LogP contribution < -0.4 is 27.7 Å². The zero-order chi connectivity index (χ0) is 21.2. The number of hydrogen-bond acceptors (Lipinski definition) is 7. The predicted octanol–water partition coefficient (Wildman–Crippen LogP) is -0.505. The van der Waals surface area contributed by atoms with Crippen LogP contribution in [-0.4, -0.2) is 46.8 Å². The highest BCUT2D eigenvalue weighted by atomic mass is 16.5. The van der Waals surface area contributed by atoms with Gasteiger partial charge >= 0.3 is 0 Å². The third kappa shape index (κ3) is 6.85. The molecule has 0 saturated carbocycles. The highest BCUT2D eigenvalue weighted by molar-refractivity contribution is 6.05. The van der Waals surface area contributed by atoms with Crippen LogP contribution in [0.3, 0.4) is 0 Å². The smallest absolute Gasteiger partial charge is 0.269 e. The number of primary amides is 2. The SMILES string of the molecule is NC(=O)c1nccnc1C(N)=NCCCCc1ccc(OCC(N)C(N)=O)cc1. The van der Waals surface area contributed by atoms with Crippen molar-refractivity contribution in [1.29, 1.82) is 0 Å². The number of aliphatic imine (C=N–C) groups is 1. The molecule has 0 spiro atoms. The second-order valence-electron chi connectivity index (χ2n) is 6.31. The molecular formula is C19H25N7O3. The maximum absolute atomic E-state index is 11.4. The van der Waals surface area contributed by atoms with Crippen molar-refractivity contribution in [2.24, 2.45) is 27.9 Å². The maximum atomic E-state index is 11.4. The van der Waals surface area contributed by atoms with Crippen molar-refractivity contribution >= 4 is 17.6 Å². The molecule has 2 aromatic rings. The van der Waals surface area contributed by atoms with Gasteiger partial charge in [0.15, 0.2) is 5.69 Å². The summed E-state index contributed by atoms with van der Waals surface area (Å²) in [7, 11) is 0. The summed E-state index contributed by atoms with van der Waals surface area (Å²) in [5, 5.41) is 0. The summed E-state index contributed by atoms with van der Waals surface area (Å²) in [4.78, 5) is 34.4. The quantitative estimate of drug-likeness (QED) is 0.222. The second kappa shape index (κ2) is 10.7. The number of amidine groups is 1. The van der Waals surface area contributed by atoms with Crippen LogP contribution >= 0.6 is 0 Å². The zero-order valence-corrected chi connectivity index (χ0v) is 16.0. The van der Waals surface area contributed by atoms with Gasteiger partial charge in [-0.1, -0.05) is 12.1 Å². The third-order valence-corrected chi connectivity index (χ3v) is 4.05. The van der Waals surface area contributed by atoms with E-state index in [1.807, 2.05) is 24.3 Å². The Balaban J connectivity index is 1.77. The zero-order valence-electron chi connectivity index (χ0n) is 16.0. The lowest BCUT2D eigenvalue weighted by Crippen LogP contribution is -2.41.